The quantitative estimate of drug-likeness (QED) is 0.734. The summed E-state index contributed by atoms with van der Waals surface area (Å²) in [6.07, 6.45) is 0. The van der Waals surface area contributed by atoms with Crippen molar-refractivity contribution in [3.8, 4) is 0 Å². The lowest BCUT2D eigenvalue weighted by atomic mass is 10.2. The van der Waals surface area contributed by atoms with Crippen molar-refractivity contribution >= 4 is 20.2 Å². The van der Waals surface area contributed by atoms with Gasteiger partial charge in [0.15, 0.2) is 0 Å². The van der Waals surface area contributed by atoms with Crippen LogP contribution in [0.15, 0.2) is 24.3 Å². The van der Waals surface area contributed by atoms with E-state index in [0.29, 0.717) is 0 Å². The van der Waals surface area contributed by atoms with Gasteiger partial charge in [-0.3, -0.25) is 5.43 Å². The van der Waals surface area contributed by atoms with Crippen LogP contribution in [0.2, 0.25) is 0 Å². The molecule has 1 aliphatic rings. The molecular weight excluding hydrogens is 205 g/mol. The van der Waals surface area contributed by atoms with Crippen LogP contribution in [0.5, 0.6) is 0 Å². The molecule has 0 spiro atoms. The second kappa shape index (κ2) is 4.93. The SMILES string of the molecule is CNN1CCN(c2ccc(P)cc2)CC1. The average Bonchev–Trinajstić information content (AvgIpc) is 2.30. The van der Waals surface area contributed by atoms with E-state index in [9.17, 15) is 0 Å². The Morgan fingerprint density at radius 1 is 1.07 bits per heavy atom. The predicted molar refractivity (Wildman–Crippen MR) is 68.6 cm³/mol. The molecular formula is C11H18N3P. The third-order valence-corrected chi connectivity index (χ3v) is 3.24. The Kier molecular flexibility index (Phi) is 3.57. The van der Waals surface area contributed by atoms with Crippen molar-refractivity contribution in [3.05, 3.63) is 24.3 Å². The second-order valence-corrected chi connectivity index (χ2v) is 4.46. The third kappa shape index (κ3) is 2.69. The van der Waals surface area contributed by atoms with E-state index in [2.05, 4.69) is 48.8 Å². The molecule has 0 radical (unpaired) electrons. The molecule has 0 saturated carbocycles. The van der Waals surface area contributed by atoms with Gasteiger partial charge in [0.2, 0.25) is 0 Å². The minimum Gasteiger partial charge on any atom is -0.369 e. The van der Waals surface area contributed by atoms with Crippen LogP contribution in [0, 0.1) is 0 Å². The number of hydrogen-bond donors (Lipinski definition) is 1. The maximum absolute atomic E-state index is 3.19. The van der Waals surface area contributed by atoms with E-state index in [0.717, 1.165) is 26.2 Å². The van der Waals surface area contributed by atoms with Gasteiger partial charge in [-0.25, -0.2) is 5.01 Å². The van der Waals surface area contributed by atoms with Crippen molar-refractivity contribution < 1.29 is 0 Å². The van der Waals surface area contributed by atoms with Crippen LogP contribution in [0.4, 0.5) is 5.69 Å². The molecule has 1 atom stereocenters. The molecule has 1 fully saturated rings. The van der Waals surface area contributed by atoms with Crippen LogP contribution >= 0.6 is 9.24 Å². The highest BCUT2D eigenvalue weighted by Crippen LogP contribution is 2.14. The lowest BCUT2D eigenvalue weighted by molar-refractivity contribution is 0.195. The topological polar surface area (TPSA) is 18.5 Å². The zero-order valence-electron chi connectivity index (χ0n) is 9.11. The number of rotatable bonds is 2. The van der Waals surface area contributed by atoms with Crippen molar-refractivity contribution in [2.24, 2.45) is 0 Å². The molecule has 0 aromatic heterocycles. The summed E-state index contributed by atoms with van der Waals surface area (Å²) in [5.41, 5.74) is 4.52. The number of hydrogen-bond acceptors (Lipinski definition) is 3. The Morgan fingerprint density at radius 3 is 2.20 bits per heavy atom. The maximum atomic E-state index is 3.19. The van der Waals surface area contributed by atoms with Gasteiger partial charge in [0.05, 0.1) is 0 Å². The van der Waals surface area contributed by atoms with E-state index in [1.54, 1.807) is 0 Å². The van der Waals surface area contributed by atoms with Gasteiger partial charge in [-0.15, -0.1) is 9.24 Å². The number of benzene rings is 1. The average molecular weight is 223 g/mol. The van der Waals surface area contributed by atoms with Gasteiger partial charge in [0.25, 0.3) is 0 Å². The first-order valence-corrected chi connectivity index (χ1v) is 5.90. The molecule has 1 unspecified atom stereocenters. The van der Waals surface area contributed by atoms with Crippen molar-refractivity contribution in [2.75, 3.05) is 38.1 Å². The smallest absolute Gasteiger partial charge is 0.0367 e. The largest absolute Gasteiger partial charge is 0.369 e. The lowest BCUT2D eigenvalue weighted by Crippen LogP contribution is -2.50. The summed E-state index contributed by atoms with van der Waals surface area (Å²) in [5, 5.41) is 3.49. The molecule has 1 aliphatic heterocycles. The fraction of sp³-hybridized carbons (Fsp3) is 0.455. The lowest BCUT2D eigenvalue weighted by Gasteiger charge is -2.35. The molecule has 1 saturated heterocycles. The van der Waals surface area contributed by atoms with E-state index in [-0.39, 0.29) is 0 Å². The summed E-state index contributed by atoms with van der Waals surface area (Å²) in [4.78, 5) is 2.43. The summed E-state index contributed by atoms with van der Waals surface area (Å²) in [5.74, 6) is 0. The molecule has 0 bridgehead atoms. The summed E-state index contributed by atoms with van der Waals surface area (Å²) in [6.45, 7) is 4.35. The normalized spacial score (nSPS) is 18.1. The number of nitrogens with zero attached hydrogens (tertiary/aromatic N) is 2. The van der Waals surface area contributed by atoms with Crippen LogP contribution in [0.1, 0.15) is 0 Å². The summed E-state index contributed by atoms with van der Waals surface area (Å²) in [7, 11) is 4.70. The number of anilines is 1. The van der Waals surface area contributed by atoms with Gasteiger partial charge >= 0.3 is 0 Å². The van der Waals surface area contributed by atoms with Crippen molar-refractivity contribution in [1.29, 1.82) is 0 Å². The molecule has 1 aromatic rings. The number of nitrogens with one attached hydrogen (secondary N) is 1. The first-order chi connectivity index (χ1) is 7.29. The molecule has 4 heteroatoms. The zero-order valence-corrected chi connectivity index (χ0v) is 10.3. The van der Waals surface area contributed by atoms with Gasteiger partial charge in [0.1, 0.15) is 0 Å². The molecule has 2 rings (SSSR count). The van der Waals surface area contributed by atoms with E-state index >= 15 is 0 Å². The molecule has 1 heterocycles. The summed E-state index contributed by atoms with van der Waals surface area (Å²) >= 11 is 0. The number of piperazine rings is 1. The van der Waals surface area contributed by atoms with Gasteiger partial charge in [0, 0.05) is 31.9 Å². The standard InChI is InChI=1S/C11H18N3P/c1-12-14-8-6-13(7-9-14)10-2-4-11(15)5-3-10/h2-5,12H,6-9,15H2,1H3. The molecule has 82 valence electrons. The summed E-state index contributed by atoms with van der Waals surface area (Å²) in [6, 6.07) is 8.67. The Balaban J connectivity index is 1.98. The predicted octanol–water partition coefficient (Wildman–Crippen LogP) is 0.443. The monoisotopic (exact) mass is 223 g/mol. The van der Waals surface area contributed by atoms with Crippen molar-refractivity contribution in [3.63, 3.8) is 0 Å². The number of hydrazine groups is 1. The van der Waals surface area contributed by atoms with Crippen LogP contribution in [-0.2, 0) is 0 Å². The van der Waals surface area contributed by atoms with E-state index in [1.807, 2.05) is 7.05 Å². The molecule has 1 aromatic carbocycles. The third-order valence-electron chi connectivity index (χ3n) is 2.85. The summed E-state index contributed by atoms with van der Waals surface area (Å²) < 4.78 is 0. The van der Waals surface area contributed by atoms with Gasteiger partial charge < -0.3 is 4.90 Å². The fourth-order valence-electron chi connectivity index (χ4n) is 1.87. The van der Waals surface area contributed by atoms with Crippen LogP contribution in [0.25, 0.3) is 0 Å². The Morgan fingerprint density at radius 2 is 1.67 bits per heavy atom. The highest BCUT2D eigenvalue weighted by atomic mass is 31.0. The highest BCUT2D eigenvalue weighted by molar-refractivity contribution is 7.27. The first kappa shape index (κ1) is 10.9. The first-order valence-electron chi connectivity index (χ1n) is 5.32. The van der Waals surface area contributed by atoms with E-state index in [4.69, 9.17) is 0 Å². The minimum absolute atomic E-state index is 1.08. The van der Waals surface area contributed by atoms with Crippen LogP contribution in [-0.4, -0.2) is 38.2 Å². The van der Waals surface area contributed by atoms with Crippen LogP contribution < -0.4 is 15.6 Å². The zero-order chi connectivity index (χ0) is 10.7. The Hall–Kier alpha value is -0.630. The highest BCUT2D eigenvalue weighted by Gasteiger charge is 2.15. The molecule has 0 aliphatic carbocycles. The maximum Gasteiger partial charge on any atom is 0.0367 e. The van der Waals surface area contributed by atoms with E-state index < -0.39 is 0 Å². The minimum atomic E-state index is 1.08. The van der Waals surface area contributed by atoms with Crippen molar-refractivity contribution in [2.45, 2.75) is 0 Å². The van der Waals surface area contributed by atoms with Gasteiger partial charge in [-0.05, 0) is 24.5 Å². The van der Waals surface area contributed by atoms with Gasteiger partial charge in [-0.1, -0.05) is 12.1 Å². The van der Waals surface area contributed by atoms with E-state index in [1.165, 1.54) is 11.0 Å². The second-order valence-electron chi connectivity index (χ2n) is 3.79. The Labute approximate surface area is 93.6 Å². The Bertz CT molecular complexity index is 304. The molecule has 1 N–H and O–H groups in total. The van der Waals surface area contributed by atoms with Gasteiger partial charge in [-0.2, -0.15) is 0 Å². The molecule has 15 heavy (non-hydrogen) atoms. The van der Waals surface area contributed by atoms with Crippen LogP contribution in [0.3, 0.4) is 0 Å². The molecule has 3 nitrogen and oxygen atoms in total. The van der Waals surface area contributed by atoms with Crippen molar-refractivity contribution in [1.82, 2.24) is 10.4 Å². The molecule has 0 amide bonds. The fourth-order valence-corrected chi connectivity index (χ4v) is 2.07.